The summed E-state index contributed by atoms with van der Waals surface area (Å²) >= 11 is 0. The number of hydrogen-bond acceptors (Lipinski definition) is 4. The van der Waals surface area contributed by atoms with Crippen LogP contribution >= 0.6 is 0 Å². The number of nitrogens with one attached hydrogen (secondary N) is 2. The van der Waals surface area contributed by atoms with E-state index in [0.29, 0.717) is 13.0 Å². The normalized spacial score (nSPS) is 18.4. The van der Waals surface area contributed by atoms with Gasteiger partial charge in [-0.25, -0.2) is 0 Å². The number of nitrogens with zero attached hydrogens (tertiary/aromatic N) is 1. The van der Waals surface area contributed by atoms with Crippen molar-refractivity contribution in [2.45, 2.75) is 44.6 Å². The summed E-state index contributed by atoms with van der Waals surface area (Å²) in [5.74, 6) is -1.03. The summed E-state index contributed by atoms with van der Waals surface area (Å²) in [5.41, 5.74) is 2.35. The molecule has 1 heterocycles. The summed E-state index contributed by atoms with van der Waals surface area (Å²) < 4.78 is 5.37. The van der Waals surface area contributed by atoms with Crippen LogP contribution in [0.5, 0.6) is 0 Å². The van der Waals surface area contributed by atoms with Gasteiger partial charge in [-0.05, 0) is 37.0 Å². The zero-order chi connectivity index (χ0) is 18.2. The van der Waals surface area contributed by atoms with Crippen LogP contribution in [0, 0.1) is 0 Å². The van der Waals surface area contributed by atoms with Gasteiger partial charge in [0.25, 0.3) is 0 Å². The zero-order valence-corrected chi connectivity index (χ0v) is 15.3. The molecule has 1 aromatic rings. The number of benzene rings is 1. The molecule has 26 heavy (non-hydrogen) atoms. The van der Waals surface area contributed by atoms with Crippen molar-refractivity contribution in [3.05, 3.63) is 29.8 Å². The molecule has 0 unspecified atom stereocenters. The highest BCUT2D eigenvalue weighted by atomic mass is 16.5. The minimum atomic E-state index is -0.527. The Bertz CT molecular complexity index is 591. The Morgan fingerprint density at radius 2 is 1.69 bits per heavy atom. The highest BCUT2D eigenvalue weighted by Crippen LogP contribution is 2.18. The lowest BCUT2D eigenvalue weighted by molar-refractivity contribution is -0.139. The molecule has 0 atom stereocenters. The van der Waals surface area contributed by atoms with Crippen LogP contribution < -0.4 is 15.5 Å². The monoisotopic (exact) mass is 359 g/mol. The van der Waals surface area contributed by atoms with Crippen molar-refractivity contribution in [3.8, 4) is 0 Å². The van der Waals surface area contributed by atoms with Crippen LogP contribution in [-0.2, 0) is 20.7 Å². The summed E-state index contributed by atoms with van der Waals surface area (Å²) in [7, 11) is 0. The minimum absolute atomic E-state index is 0.162. The molecule has 2 N–H and O–H groups in total. The third-order valence-corrected chi connectivity index (χ3v) is 5.16. The number of hydrogen-bond donors (Lipinski definition) is 2. The van der Waals surface area contributed by atoms with Crippen LogP contribution in [0.4, 0.5) is 5.69 Å². The summed E-state index contributed by atoms with van der Waals surface area (Å²) in [4.78, 5) is 26.2. The maximum absolute atomic E-state index is 11.9. The van der Waals surface area contributed by atoms with Crippen LogP contribution in [0.1, 0.15) is 37.7 Å². The Morgan fingerprint density at radius 3 is 2.38 bits per heavy atom. The molecule has 1 saturated carbocycles. The molecule has 0 bridgehead atoms. The van der Waals surface area contributed by atoms with E-state index in [1.807, 2.05) is 0 Å². The quantitative estimate of drug-likeness (QED) is 0.784. The molecule has 0 spiro atoms. The lowest BCUT2D eigenvalue weighted by atomic mass is 9.95. The molecule has 2 amide bonds. The van der Waals surface area contributed by atoms with Gasteiger partial charge in [0.05, 0.1) is 13.2 Å². The summed E-state index contributed by atoms with van der Waals surface area (Å²) in [6.07, 6.45) is 6.16. The fourth-order valence-corrected chi connectivity index (χ4v) is 3.59. The third-order valence-electron chi connectivity index (χ3n) is 5.16. The third kappa shape index (κ3) is 5.46. The molecule has 1 saturated heterocycles. The van der Waals surface area contributed by atoms with E-state index in [0.717, 1.165) is 57.6 Å². The first-order valence-corrected chi connectivity index (χ1v) is 9.73. The summed E-state index contributed by atoms with van der Waals surface area (Å²) in [5, 5.41) is 5.56. The Labute approximate surface area is 155 Å². The Morgan fingerprint density at radius 1 is 1.00 bits per heavy atom. The number of ether oxygens (including phenoxy) is 1. The lowest BCUT2D eigenvalue weighted by Gasteiger charge is -2.28. The molecule has 1 aliphatic carbocycles. The second kappa shape index (κ2) is 9.57. The number of carbonyl (C=O) groups is 2. The number of amides is 2. The summed E-state index contributed by atoms with van der Waals surface area (Å²) in [6.45, 7) is 3.86. The molecular formula is C20H29N3O3. The predicted molar refractivity (Wildman–Crippen MR) is 101 cm³/mol. The van der Waals surface area contributed by atoms with E-state index in [-0.39, 0.29) is 6.04 Å². The molecule has 0 aromatic heterocycles. The highest BCUT2D eigenvalue weighted by Gasteiger charge is 2.20. The van der Waals surface area contributed by atoms with Crippen LogP contribution in [0.3, 0.4) is 0 Å². The molecule has 1 aliphatic heterocycles. The van der Waals surface area contributed by atoms with E-state index in [1.165, 1.54) is 12.1 Å². The Balaban J connectivity index is 1.38. The van der Waals surface area contributed by atoms with Crippen molar-refractivity contribution in [1.29, 1.82) is 0 Å². The standard InChI is InChI=1S/C20H29N3O3/c24-19(20(25)22-17-4-2-1-3-5-17)21-11-10-16-6-8-18(9-7-16)23-12-14-26-15-13-23/h6-9,17H,1-5,10-15H2,(H,21,24)(H,22,25). The Kier molecular flexibility index (Phi) is 6.89. The lowest BCUT2D eigenvalue weighted by Crippen LogP contribution is -2.45. The fraction of sp³-hybridized carbons (Fsp3) is 0.600. The van der Waals surface area contributed by atoms with Gasteiger partial charge in [0.15, 0.2) is 0 Å². The predicted octanol–water partition coefficient (Wildman–Crippen LogP) is 1.63. The largest absolute Gasteiger partial charge is 0.378 e. The molecule has 1 aromatic carbocycles. The van der Waals surface area contributed by atoms with E-state index in [4.69, 9.17) is 4.74 Å². The topological polar surface area (TPSA) is 70.7 Å². The molecule has 2 fully saturated rings. The zero-order valence-electron chi connectivity index (χ0n) is 15.3. The number of rotatable bonds is 5. The molecule has 3 rings (SSSR count). The van der Waals surface area contributed by atoms with Gasteiger partial charge in [-0.1, -0.05) is 31.4 Å². The molecule has 6 heteroatoms. The van der Waals surface area contributed by atoms with E-state index < -0.39 is 11.8 Å². The van der Waals surface area contributed by atoms with Gasteiger partial charge < -0.3 is 20.3 Å². The van der Waals surface area contributed by atoms with Crippen molar-refractivity contribution in [2.24, 2.45) is 0 Å². The van der Waals surface area contributed by atoms with Gasteiger partial charge >= 0.3 is 11.8 Å². The average molecular weight is 359 g/mol. The maximum Gasteiger partial charge on any atom is 0.309 e. The van der Waals surface area contributed by atoms with Gasteiger partial charge in [0, 0.05) is 31.4 Å². The molecule has 6 nitrogen and oxygen atoms in total. The van der Waals surface area contributed by atoms with Crippen molar-refractivity contribution < 1.29 is 14.3 Å². The van der Waals surface area contributed by atoms with E-state index in [9.17, 15) is 9.59 Å². The molecule has 2 aliphatic rings. The van der Waals surface area contributed by atoms with Gasteiger partial charge in [-0.2, -0.15) is 0 Å². The maximum atomic E-state index is 11.9. The fourth-order valence-electron chi connectivity index (χ4n) is 3.59. The van der Waals surface area contributed by atoms with E-state index in [2.05, 4.69) is 39.8 Å². The first-order valence-electron chi connectivity index (χ1n) is 9.73. The van der Waals surface area contributed by atoms with Gasteiger partial charge in [0.2, 0.25) is 0 Å². The first kappa shape index (κ1) is 18.7. The van der Waals surface area contributed by atoms with Gasteiger partial charge in [0.1, 0.15) is 0 Å². The molecule has 142 valence electrons. The Hall–Kier alpha value is -2.08. The molecule has 0 radical (unpaired) electrons. The first-order chi connectivity index (χ1) is 12.7. The van der Waals surface area contributed by atoms with E-state index >= 15 is 0 Å². The smallest absolute Gasteiger partial charge is 0.309 e. The van der Waals surface area contributed by atoms with Crippen LogP contribution in [0.2, 0.25) is 0 Å². The second-order valence-electron chi connectivity index (χ2n) is 7.08. The highest BCUT2D eigenvalue weighted by molar-refractivity contribution is 6.35. The van der Waals surface area contributed by atoms with Gasteiger partial charge in [-0.15, -0.1) is 0 Å². The average Bonchev–Trinajstić information content (AvgIpc) is 2.70. The number of morpholine rings is 1. The second-order valence-corrected chi connectivity index (χ2v) is 7.08. The van der Waals surface area contributed by atoms with Gasteiger partial charge in [-0.3, -0.25) is 9.59 Å². The van der Waals surface area contributed by atoms with Crippen LogP contribution in [-0.4, -0.2) is 50.7 Å². The molecular weight excluding hydrogens is 330 g/mol. The minimum Gasteiger partial charge on any atom is -0.378 e. The summed E-state index contributed by atoms with van der Waals surface area (Å²) in [6, 6.07) is 8.55. The van der Waals surface area contributed by atoms with Crippen molar-refractivity contribution in [3.63, 3.8) is 0 Å². The van der Waals surface area contributed by atoms with Crippen LogP contribution in [0.25, 0.3) is 0 Å². The van der Waals surface area contributed by atoms with E-state index in [1.54, 1.807) is 0 Å². The number of anilines is 1. The number of carbonyl (C=O) groups excluding carboxylic acids is 2. The van der Waals surface area contributed by atoms with Crippen LogP contribution in [0.15, 0.2) is 24.3 Å². The van der Waals surface area contributed by atoms with Crippen molar-refractivity contribution in [2.75, 3.05) is 37.7 Å². The van der Waals surface area contributed by atoms with Crippen molar-refractivity contribution in [1.82, 2.24) is 10.6 Å². The SMILES string of the molecule is O=C(NCCc1ccc(N2CCOCC2)cc1)C(=O)NC1CCCCC1. The van der Waals surface area contributed by atoms with Crippen molar-refractivity contribution >= 4 is 17.5 Å².